The van der Waals surface area contributed by atoms with E-state index < -0.39 is 4.92 Å². The Kier molecular flexibility index (Phi) is 4.32. The Morgan fingerprint density at radius 1 is 1.20 bits per heavy atom. The lowest BCUT2D eigenvalue weighted by Gasteiger charge is -2.22. The van der Waals surface area contributed by atoms with Crippen LogP contribution in [0.3, 0.4) is 0 Å². The van der Waals surface area contributed by atoms with Crippen LogP contribution in [-0.2, 0) is 13.1 Å². The first kappa shape index (κ1) is 14.0. The summed E-state index contributed by atoms with van der Waals surface area (Å²) in [6.45, 7) is 1.00. The van der Waals surface area contributed by atoms with Gasteiger partial charge in [-0.15, -0.1) is 0 Å². The summed E-state index contributed by atoms with van der Waals surface area (Å²) in [5.41, 5.74) is 8.64. The molecule has 0 aromatic heterocycles. The minimum atomic E-state index is -0.403. The standard InChI is InChI=1S/C15H17N3O2/c1-17(11-12-5-3-2-4-6-12)15-8-7-14(18(19)20)9-13(15)10-16/h2-9H,10-11,16H2,1H3. The van der Waals surface area contributed by atoms with Crippen molar-refractivity contribution in [2.24, 2.45) is 5.73 Å². The maximum absolute atomic E-state index is 10.8. The average molecular weight is 271 g/mol. The molecule has 0 bridgehead atoms. The highest BCUT2D eigenvalue weighted by molar-refractivity contribution is 5.57. The first-order valence-electron chi connectivity index (χ1n) is 6.34. The van der Waals surface area contributed by atoms with E-state index in [9.17, 15) is 10.1 Å². The van der Waals surface area contributed by atoms with E-state index >= 15 is 0 Å². The Hall–Kier alpha value is -2.40. The van der Waals surface area contributed by atoms with Crippen LogP contribution >= 0.6 is 0 Å². The predicted molar refractivity (Wildman–Crippen MR) is 79.5 cm³/mol. The number of nitrogens with zero attached hydrogens (tertiary/aromatic N) is 2. The maximum atomic E-state index is 10.8. The highest BCUT2D eigenvalue weighted by Gasteiger charge is 2.12. The van der Waals surface area contributed by atoms with Crippen LogP contribution in [-0.4, -0.2) is 12.0 Å². The topological polar surface area (TPSA) is 72.4 Å². The number of benzene rings is 2. The summed E-state index contributed by atoms with van der Waals surface area (Å²) >= 11 is 0. The molecule has 104 valence electrons. The predicted octanol–water partition coefficient (Wildman–Crippen LogP) is 2.69. The molecular weight excluding hydrogens is 254 g/mol. The van der Waals surface area contributed by atoms with Crippen molar-refractivity contribution in [2.45, 2.75) is 13.1 Å². The van der Waals surface area contributed by atoms with E-state index in [-0.39, 0.29) is 12.2 Å². The van der Waals surface area contributed by atoms with Gasteiger partial charge in [-0.2, -0.15) is 0 Å². The lowest BCUT2D eigenvalue weighted by atomic mass is 10.1. The van der Waals surface area contributed by atoms with Crippen LogP contribution in [0.15, 0.2) is 48.5 Å². The number of hydrogen-bond acceptors (Lipinski definition) is 4. The Balaban J connectivity index is 2.25. The molecule has 0 spiro atoms. The monoisotopic (exact) mass is 271 g/mol. The Morgan fingerprint density at radius 3 is 2.50 bits per heavy atom. The van der Waals surface area contributed by atoms with Gasteiger partial charge >= 0.3 is 0 Å². The molecule has 0 amide bonds. The van der Waals surface area contributed by atoms with Gasteiger partial charge in [0.15, 0.2) is 0 Å². The molecule has 20 heavy (non-hydrogen) atoms. The van der Waals surface area contributed by atoms with E-state index in [1.54, 1.807) is 6.07 Å². The molecule has 0 unspecified atom stereocenters. The molecule has 0 fully saturated rings. The minimum Gasteiger partial charge on any atom is -0.370 e. The van der Waals surface area contributed by atoms with E-state index in [0.717, 1.165) is 17.8 Å². The number of anilines is 1. The van der Waals surface area contributed by atoms with Crippen LogP contribution in [0.5, 0.6) is 0 Å². The molecule has 2 N–H and O–H groups in total. The Morgan fingerprint density at radius 2 is 1.90 bits per heavy atom. The number of nitro benzene ring substituents is 1. The zero-order chi connectivity index (χ0) is 14.5. The second-order valence-corrected chi connectivity index (χ2v) is 4.62. The maximum Gasteiger partial charge on any atom is 0.269 e. The molecule has 0 saturated carbocycles. The van der Waals surface area contributed by atoms with Gasteiger partial charge in [0.2, 0.25) is 0 Å². The smallest absolute Gasteiger partial charge is 0.269 e. The molecule has 5 nitrogen and oxygen atoms in total. The van der Waals surface area contributed by atoms with Crippen molar-refractivity contribution < 1.29 is 4.92 Å². The van der Waals surface area contributed by atoms with Crippen molar-refractivity contribution in [3.8, 4) is 0 Å². The van der Waals surface area contributed by atoms with Crippen LogP contribution in [0.4, 0.5) is 11.4 Å². The van der Waals surface area contributed by atoms with Gasteiger partial charge in [-0.1, -0.05) is 30.3 Å². The van der Waals surface area contributed by atoms with Gasteiger partial charge in [0, 0.05) is 38.0 Å². The number of hydrogen-bond donors (Lipinski definition) is 1. The zero-order valence-corrected chi connectivity index (χ0v) is 11.3. The molecule has 2 aromatic carbocycles. The van der Waals surface area contributed by atoms with Crippen molar-refractivity contribution >= 4 is 11.4 Å². The summed E-state index contributed by atoms with van der Waals surface area (Å²) in [6.07, 6.45) is 0. The van der Waals surface area contributed by atoms with Gasteiger partial charge < -0.3 is 10.6 Å². The Labute approximate surface area is 117 Å². The van der Waals surface area contributed by atoms with Crippen molar-refractivity contribution in [1.82, 2.24) is 0 Å². The normalized spacial score (nSPS) is 10.3. The third-order valence-corrected chi connectivity index (χ3v) is 3.17. The van der Waals surface area contributed by atoms with Gasteiger partial charge in [-0.05, 0) is 17.2 Å². The summed E-state index contributed by atoms with van der Waals surface area (Å²) in [4.78, 5) is 12.4. The fourth-order valence-corrected chi connectivity index (χ4v) is 2.16. The second-order valence-electron chi connectivity index (χ2n) is 4.62. The number of nitro groups is 1. The minimum absolute atomic E-state index is 0.0716. The highest BCUT2D eigenvalue weighted by atomic mass is 16.6. The molecule has 0 aliphatic rings. The molecular formula is C15H17N3O2. The van der Waals surface area contributed by atoms with Crippen molar-refractivity contribution in [3.05, 3.63) is 69.8 Å². The Bertz CT molecular complexity index is 599. The summed E-state index contributed by atoms with van der Waals surface area (Å²) in [5, 5.41) is 10.8. The van der Waals surface area contributed by atoms with E-state index in [1.807, 2.05) is 42.3 Å². The molecule has 0 atom stereocenters. The number of rotatable bonds is 5. The van der Waals surface area contributed by atoms with Gasteiger partial charge in [-0.3, -0.25) is 10.1 Å². The SMILES string of the molecule is CN(Cc1ccccc1)c1ccc([N+](=O)[O-])cc1CN. The number of nitrogens with two attached hydrogens (primary N) is 1. The van der Waals surface area contributed by atoms with Crippen LogP contribution in [0.25, 0.3) is 0 Å². The zero-order valence-electron chi connectivity index (χ0n) is 11.3. The molecule has 0 radical (unpaired) electrons. The van der Waals surface area contributed by atoms with Crippen molar-refractivity contribution in [3.63, 3.8) is 0 Å². The van der Waals surface area contributed by atoms with Crippen molar-refractivity contribution in [1.29, 1.82) is 0 Å². The molecule has 2 rings (SSSR count). The fourth-order valence-electron chi connectivity index (χ4n) is 2.16. The molecule has 0 aliphatic heterocycles. The highest BCUT2D eigenvalue weighted by Crippen LogP contribution is 2.25. The summed E-state index contributed by atoms with van der Waals surface area (Å²) in [5.74, 6) is 0. The van der Waals surface area contributed by atoms with Gasteiger partial charge in [0.25, 0.3) is 5.69 Å². The summed E-state index contributed by atoms with van der Waals surface area (Å²) in [6, 6.07) is 14.8. The summed E-state index contributed by atoms with van der Waals surface area (Å²) < 4.78 is 0. The third-order valence-electron chi connectivity index (χ3n) is 3.17. The third kappa shape index (κ3) is 3.13. The molecule has 5 heteroatoms. The van der Waals surface area contributed by atoms with Crippen LogP contribution in [0.1, 0.15) is 11.1 Å². The van der Waals surface area contributed by atoms with Gasteiger partial charge in [0.05, 0.1) is 4.92 Å². The molecule has 2 aromatic rings. The number of non-ortho nitro benzene ring substituents is 1. The van der Waals surface area contributed by atoms with Crippen LogP contribution in [0.2, 0.25) is 0 Å². The van der Waals surface area contributed by atoms with Crippen molar-refractivity contribution in [2.75, 3.05) is 11.9 Å². The first-order chi connectivity index (χ1) is 9.61. The molecule has 0 heterocycles. The largest absolute Gasteiger partial charge is 0.370 e. The van der Waals surface area contributed by atoms with E-state index in [2.05, 4.69) is 0 Å². The molecule has 0 aliphatic carbocycles. The second kappa shape index (κ2) is 6.16. The molecule has 0 saturated heterocycles. The van der Waals surface area contributed by atoms with Crippen LogP contribution < -0.4 is 10.6 Å². The van der Waals surface area contributed by atoms with E-state index in [1.165, 1.54) is 17.7 Å². The average Bonchev–Trinajstić information content (AvgIpc) is 2.47. The van der Waals surface area contributed by atoms with Crippen LogP contribution in [0, 0.1) is 10.1 Å². The lowest BCUT2D eigenvalue weighted by molar-refractivity contribution is -0.384. The quantitative estimate of drug-likeness (QED) is 0.670. The van der Waals surface area contributed by atoms with E-state index in [4.69, 9.17) is 5.73 Å². The fraction of sp³-hybridized carbons (Fsp3) is 0.200. The lowest BCUT2D eigenvalue weighted by Crippen LogP contribution is -2.19. The summed E-state index contributed by atoms with van der Waals surface area (Å²) in [7, 11) is 1.95. The van der Waals surface area contributed by atoms with E-state index in [0.29, 0.717) is 0 Å². The first-order valence-corrected chi connectivity index (χ1v) is 6.34. The van der Waals surface area contributed by atoms with Gasteiger partial charge in [0.1, 0.15) is 0 Å². The van der Waals surface area contributed by atoms with Gasteiger partial charge in [-0.25, -0.2) is 0 Å².